The van der Waals surface area contributed by atoms with E-state index >= 15 is 0 Å². The molecule has 1 amide bonds. The van der Waals surface area contributed by atoms with Gasteiger partial charge in [-0.25, -0.2) is 0 Å². The van der Waals surface area contributed by atoms with E-state index in [4.69, 9.17) is 0 Å². The molecule has 0 N–H and O–H groups in total. The molecule has 6 nitrogen and oxygen atoms in total. The smallest absolute Gasteiger partial charge is 0.325 e. The number of benzene rings is 1. The maximum absolute atomic E-state index is 12.4. The molecule has 0 radical (unpaired) electrons. The van der Waals surface area contributed by atoms with E-state index < -0.39 is 11.9 Å². The summed E-state index contributed by atoms with van der Waals surface area (Å²) >= 11 is 4.83. The molecule has 0 aliphatic carbocycles. The number of thioether (sulfide) groups is 1. The minimum atomic E-state index is -0.590. The normalized spacial score (nSPS) is 10.2. The number of rotatable bonds is 7. The average molecular weight is 418 g/mol. The summed E-state index contributed by atoms with van der Waals surface area (Å²) in [6.07, 6.45) is 0. The molecule has 0 unspecified atom stereocenters. The predicted molar refractivity (Wildman–Crippen MR) is 95.0 cm³/mol. The second-order valence-electron chi connectivity index (χ2n) is 5.06. The lowest BCUT2D eigenvalue weighted by atomic mass is 10.2. The zero-order chi connectivity index (χ0) is 18.3. The van der Waals surface area contributed by atoms with E-state index in [2.05, 4.69) is 25.4 Å². The molecule has 0 bridgehead atoms. The van der Waals surface area contributed by atoms with Gasteiger partial charge in [-0.3, -0.25) is 14.4 Å². The molecule has 0 fully saturated rings. The standard InChI is InChI=1S/C16H20BrNO5S/c1-10-6-13(11(2)5-12(10)17)24-9-14(19)18(7-15(20)22-3)8-16(21)23-4/h5-6H,7-9H2,1-4H3. The Hall–Kier alpha value is -1.54. The molecular formula is C16H20BrNO5S. The highest BCUT2D eigenvalue weighted by atomic mass is 79.9. The van der Waals surface area contributed by atoms with Gasteiger partial charge in [-0.1, -0.05) is 15.9 Å². The molecule has 0 aliphatic rings. The Labute approximate surface area is 154 Å². The molecule has 0 aromatic heterocycles. The monoisotopic (exact) mass is 417 g/mol. The van der Waals surface area contributed by atoms with E-state index in [-0.39, 0.29) is 24.7 Å². The number of aryl methyl sites for hydroxylation is 2. The highest BCUT2D eigenvalue weighted by molar-refractivity contribution is 9.10. The summed E-state index contributed by atoms with van der Waals surface area (Å²) in [4.78, 5) is 37.3. The molecule has 24 heavy (non-hydrogen) atoms. The van der Waals surface area contributed by atoms with E-state index in [1.807, 2.05) is 26.0 Å². The van der Waals surface area contributed by atoms with Crippen LogP contribution in [-0.2, 0) is 23.9 Å². The Balaban J connectivity index is 2.78. The third kappa shape index (κ3) is 6.16. The second-order valence-corrected chi connectivity index (χ2v) is 6.93. The average Bonchev–Trinajstić information content (AvgIpc) is 2.55. The van der Waals surface area contributed by atoms with Crippen molar-refractivity contribution in [3.05, 3.63) is 27.7 Å². The lowest BCUT2D eigenvalue weighted by Crippen LogP contribution is -2.41. The summed E-state index contributed by atoms with van der Waals surface area (Å²) in [6.45, 7) is 3.35. The van der Waals surface area contributed by atoms with Gasteiger partial charge in [-0.05, 0) is 37.1 Å². The number of carbonyl (C=O) groups is 3. The van der Waals surface area contributed by atoms with Gasteiger partial charge in [0.05, 0.1) is 20.0 Å². The first-order valence-corrected chi connectivity index (χ1v) is 8.87. The van der Waals surface area contributed by atoms with Crippen LogP contribution in [0.2, 0.25) is 0 Å². The fourth-order valence-electron chi connectivity index (χ4n) is 1.81. The van der Waals surface area contributed by atoms with Crippen LogP contribution in [0, 0.1) is 13.8 Å². The molecule has 0 saturated carbocycles. The minimum Gasteiger partial charge on any atom is -0.468 e. The number of carbonyl (C=O) groups excluding carboxylic acids is 3. The zero-order valence-electron chi connectivity index (χ0n) is 14.1. The molecule has 0 aliphatic heterocycles. The van der Waals surface area contributed by atoms with Crippen molar-refractivity contribution in [2.75, 3.05) is 33.1 Å². The molecule has 8 heteroatoms. The maximum atomic E-state index is 12.4. The summed E-state index contributed by atoms with van der Waals surface area (Å²) < 4.78 is 10.1. The number of methoxy groups -OCH3 is 2. The predicted octanol–water partition coefficient (Wildman–Crippen LogP) is 2.33. The number of nitrogens with zero attached hydrogens (tertiary/aromatic N) is 1. The SMILES string of the molecule is COC(=O)CN(CC(=O)OC)C(=O)CSc1cc(C)c(Br)cc1C. The van der Waals surface area contributed by atoms with E-state index in [1.54, 1.807) is 0 Å². The van der Waals surface area contributed by atoms with Crippen LogP contribution < -0.4 is 0 Å². The van der Waals surface area contributed by atoms with Crippen molar-refractivity contribution in [2.24, 2.45) is 0 Å². The molecule has 0 spiro atoms. The minimum absolute atomic E-state index is 0.107. The van der Waals surface area contributed by atoms with E-state index in [0.717, 1.165) is 25.4 Å². The first-order valence-electron chi connectivity index (χ1n) is 7.09. The van der Waals surface area contributed by atoms with E-state index in [1.165, 1.54) is 26.0 Å². The number of ether oxygens (including phenoxy) is 2. The number of hydrogen-bond donors (Lipinski definition) is 0. The largest absolute Gasteiger partial charge is 0.468 e. The molecule has 0 atom stereocenters. The lowest BCUT2D eigenvalue weighted by molar-refractivity contribution is -0.151. The Morgan fingerprint density at radius 1 is 1.04 bits per heavy atom. The third-order valence-electron chi connectivity index (χ3n) is 3.26. The van der Waals surface area contributed by atoms with Gasteiger partial charge in [0.1, 0.15) is 13.1 Å². The topological polar surface area (TPSA) is 72.9 Å². The molecule has 132 valence electrons. The van der Waals surface area contributed by atoms with Gasteiger partial charge in [0.2, 0.25) is 5.91 Å². The first-order chi connectivity index (χ1) is 11.3. The Morgan fingerprint density at radius 3 is 2.08 bits per heavy atom. The molecule has 0 saturated heterocycles. The summed E-state index contributed by atoms with van der Waals surface area (Å²) in [5.74, 6) is -1.41. The number of hydrogen-bond acceptors (Lipinski definition) is 6. The lowest BCUT2D eigenvalue weighted by Gasteiger charge is -2.20. The highest BCUT2D eigenvalue weighted by Crippen LogP contribution is 2.28. The van der Waals surface area contributed by atoms with Crippen molar-refractivity contribution >= 4 is 45.5 Å². The van der Waals surface area contributed by atoms with Crippen molar-refractivity contribution in [3.63, 3.8) is 0 Å². The van der Waals surface area contributed by atoms with E-state index in [0.29, 0.717) is 0 Å². The van der Waals surface area contributed by atoms with Crippen LogP contribution in [0.1, 0.15) is 11.1 Å². The van der Waals surface area contributed by atoms with Gasteiger partial charge in [0.25, 0.3) is 0 Å². The maximum Gasteiger partial charge on any atom is 0.325 e. The molecule has 1 rings (SSSR count). The summed E-state index contributed by atoms with van der Waals surface area (Å²) in [6, 6.07) is 3.98. The molecule has 1 aromatic carbocycles. The molecule has 1 aromatic rings. The second kappa shape index (κ2) is 9.68. The Morgan fingerprint density at radius 2 is 1.58 bits per heavy atom. The van der Waals surface area contributed by atoms with Crippen molar-refractivity contribution < 1.29 is 23.9 Å². The first kappa shape index (κ1) is 20.5. The van der Waals surface area contributed by atoms with Crippen LogP contribution in [0.25, 0.3) is 0 Å². The van der Waals surface area contributed by atoms with Crippen molar-refractivity contribution in [1.82, 2.24) is 4.90 Å². The van der Waals surface area contributed by atoms with E-state index in [9.17, 15) is 14.4 Å². The van der Waals surface area contributed by atoms with Crippen LogP contribution in [0.5, 0.6) is 0 Å². The third-order valence-corrected chi connectivity index (χ3v) is 5.25. The van der Waals surface area contributed by atoms with Gasteiger partial charge in [-0.15, -0.1) is 11.8 Å². The van der Waals surface area contributed by atoms with Crippen molar-refractivity contribution in [1.29, 1.82) is 0 Å². The Kier molecular flexibility index (Phi) is 8.27. The van der Waals surface area contributed by atoms with Crippen LogP contribution in [0.4, 0.5) is 0 Å². The summed E-state index contributed by atoms with van der Waals surface area (Å²) in [7, 11) is 2.46. The molecule has 0 heterocycles. The van der Waals surface area contributed by atoms with Gasteiger partial charge >= 0.3 is 11.9 Å². The fraction of sp³-hybridized carbons (Fsp3) is 0.438. The summed E-state index contributed by atoms with van der Waals surface area (Å²) in [5.41, 5.74) is 2.11. The van der Waals surface area contributed by atoms with Gasteiger partial charge in [0.15, 0.2) is 0 Å². The van der Waals surface area contributed by atoms with Crippen LogP contribution in [0.15, 0.2) is 21.5 Å². The van der Waals surface area contributed by atoms with Gasteiger partial charge in [-0.2, -0.15) is 0 Å². The van der Waals surface area contributed by atoms with Crippen molar-refractivity contribution in [3.8, 4) is 0 Å². The zero-order valence-corrected chi connectivity index (χ0v) is 16.5. The highest BCUT2D eigenvalue weighted by Gasteiger charge is 2.21. The van der Waals surface area contributed by atoms with Crippen LogP contribution in [-0.4, -0.2) is 55.8 Å². The van der Waals surface area contributed by atoms with Crippen LogP contribution >= 0.6 is 27.7 Å². The quantitative estimate of drug-likeness (QED) is 0.500. The fourth-order valence-corrected chi connectivity index (χ4v) is 3.28. The summed E-state index contributed by atoms with van der Waals surface area (Å²) in [5, 5.41) is 0. The molecular weight excluding hydrogens is 398 g/mol. The Bertz CT molecular complexity index is 617. The van der Waals surface area contributed by atoms with Gasteiger partial charge < -0.3 is 14.4 Å². The number of esters is 2. The number of halogens is 1. The van der Waals surface area contributed by atoms with Crippen molar-refractivity contribution in [2.45, 2.75) is 18.7 Å². The van der Waals surface area contributed by atoms with Gasteiger partial charge in [0, 0.05) is 9.37 Å². The van der Waals surface area contributed by atoms with Crippen LogP contribution in [0.3, 0.4) is 0 Å². The number of amides is 1.